The second-order valence-corrected chi connectivity index (χ2v) is 5.79. The predicted octanol–water partition coefficient (Wildman–Crippen LogP) is 3.32. The van der Waals surface area contributed by atoms with Crippen LogP contribution in [-0.2, 0) is 0 Å². The topological polar surface area (TPSA) is 32.3 Å². The number of amides is 2. The molecule has 1 aliphatic carbocycles. The van der Waals surface area contributed by atoms with E-state index in [1.165, 1.54) is 30.4 Å². The summed E-state index contributed by atoms with van der Waals surface area (Å²) in [5.41, 5.74) is 3.29. The summed E-state index contributed by atoms with van der Waals surface area (Å²) in [7, 11) is 0. The van der Waals surface area contributed by atoms with Crippen LogP contribution in [0.15, 0.2) is 18.2 Å². The zero-order valence-electron chi connectivity index (χ0n) is 11.1. The van der Waals surface area contributed by atoms with Gasteiger partial charge in [0.25, 0.3) is 0 Å². The van der Waals surface area contributed by atoms with E-state index in [1.807, 2.05) is 17.0 Å². The molecule has 2 fully saturated rings. The first-order valence-corrected chi connectivity index (χ1v) is 6.78. The average Bonchev–Trinajstić information content (AvgIpc) is 2.88. The smallest absolute Gasteiger partial charge is 0.321 e. The van der Waals surface area contributed by atoms with Gasteiger partial charge in [-0.2, -0.15) is 0 Å². The van der Waals surface area contributed by atoms with Gasteiger partial charge in [-0.15, -0.1) is 0 Å². The van der Waals surface area contributed by atoms with Crippen LogP contribution < -0.4 is 5.32 Å². The van der Waals surface area contributed by atoms with Crippen molar-refractivity contribution in [3.05, 3.63) is 29.3 Å². The first-order valence-electron chi connectivity index (χ1n) is 6.78. The van der Waals surface area contributed by atoms with E-state index in [0.717, 1.165) is 18.2 Å². The molecule has 2 bridgehead atoms. The summed E-state index contributed by atoms with van der Waals surface area (Å²) < 4.78 is 0. The van der Waals surface area contributed by atoms with Crippen LogP contribution in [0.1, 0.15) is 30.4 Å². The van der Waals surface area contributed by atoms with E-state index >= 15 is 0 Å². The highest BCUT2D eigenvalue weighted by molar-refractivity contribution is 5.90. The molecule has 2 atom stereocenters. The third kappa shape index (κ3) is 2.09. The van der Waals surface area contributed by atoms with E-state index in [0.29, 0.717) is 6.04 Å². The van der Waals surface area contributed by atoms with Gasteiger partial charge in [0.1, 0.15) is 0 Å². The molecule has 3 heteroatoms. The van der Waals surface area contributed by atoms with Gasteiger partial charge in [-0.3, -0.25) is 0 Å². The van der Waals surface area contributed by atoms with E-state index in [-0.39, 0.29) is 6.03 Å². The molecule has 1 saturated carbocycles. The zero-order valence-corrected chi connectivity index (χ0v) is 11.1. The summed E-state index contributed by atoms with van der Waals surface area (Å²) in [5, 5.41) is 3.04. The summed E-state index contributed by atoms with van der Waals surface area (Å²) >= 11 is 0. The number of likely N-dealkylation sites (tertiary alicyclic amines) is 1. The van der Waals surface area contributed by atoms with E-state index in [4.69, 9.17) is 0 Å². The van der Waals surface area contributed by atoms with E-state index in [9.17, 15) is 4.79 Å². The van der Waals surface area contributed by atoms with Crippen LogP contribution in [0.4, 0.5) is 10.5 Å². The fourth-order valence-corrected chi connectivity index (χ4v) is 3.42. The number of aryl methyl sites for hydroxylation is 2. The Labute approximate surface area is 108 Å². The fourth-order valence-electron chi connectivity index (χ4n) is 3.42. The van der Waals surface area contributed by atoms with Gasteiger partial charge in [0, 0.05) is 18.3 Å². The average molecular weight is 244 g/mol. The van der Waals surface area contributed by atoms with Crippen LogP contribution in [-0.4, -0.2) is 23.5 Å². The van der Waals surface area contributed by atoms with Gasteiger partial charge in [0.15, 0.2) is 0 Å². The molecular weight excluding hydrogens is 224 g/mol. The standard InChI is InChI=1S/C15H20N2O/c1-10-5-11(2)7-13(6-10)16-15(18)17-9-12-3-4-14(17)8-12/h5-7,12,14H,3-4,8-9H2,1-2H3,(H,16,18)/t12-,14-/m1/s1. The molecule has 0 aromatic heterocycles. The number of benzene rings is 1. The third-order valence-electron chi connectivity index (χ3n) is 4.14. The number of rotatable bonds is 1. The molecule has 3 nitrogen and oxygen atoms in total. The molecule has 18 heavy (non-hydrogen) atoms. The maximum Gasteiger partial charge on any atom is 0.322 e. The van der Waals surface area contributed by atoms with Gasteiger partial charge >= 0.3 is 6.03 Å². The van der Waals surface area contributed by atoms with Crippen molar-refractivity contribution < 1.29 is 4.79 Å². The first kappa shape index (κ1) is 11.6. The molecule has 0 unspecified atom stereocenters. The van der Waals surface area contributed by atoms with Crippen molar-refractivity contribution in [1.29, 1.82) is 0 Å². The Kier molecular flexibility index (Phi) is 2.77. The Bertz CT molecular complexity index is 463. The third-order valence-corrected chi connectivity index (χ3v) is 4.14. The maximum atomic E-state index is 12.2. The van der Waals surface area contributed by atoms with Gasteiger partial charge in [-0.05, 0) is 62.3 Å². The number of carbonyl (C=O) groups is 1. The maximum absolute atomic E-state index is 12.2. The highest BCUT2D eigenvalue weighted by atomic mass is 16.2. The fraction of sp³-hybridized carbons (Fsp3) is 0.533. The highest BCUT2D eigenvalue weighted by Gasteiger charge is 2.40. The molecule has 0 radical (unpaired) electrons. The number of hydrogen-bond acceptors (Lipinski definition) is 1. The Hall–Kier alpha value is -1.51. The van der Waals surface area contributed by atoms with E-state index in [1.54, 1.807) is 0 Å². The number of carbonyl (C=O) groups excluding carboxylic acids is 1. The summed E-state index contributed by atoms with van der Waals surface area (Å²) in [6.45, 7) is 5.06. The first-order chi connectivity index (χ1) is 8.61. The minimum Gasteiger partial charge on any atom is -0.321 e. The number of hydrogen-bond donors (Lipinski definition) is 1. The summed E-state index contributed by atoms with van der Waals surface area (Å²) in [6.07, 6.45) is 3.70. The Morgan fingerprint density at radius 3 is 2.50 bits per heavy atom. The monoisotopic (exact) mass is 244 g/mol. The van der Waals surface area contributed by atoms with Crippen molar-refractivity contribution >= 4 is 11.7 Å². The van der Waals surface area contributed by atoms with Gasteiger partial charge < -0.3 is 10.2 Å². The number of nitrogens with one attached hydrogen (secondary N) is 1. The molecule has 2 amide bonds. The van der Waals surface area contributed by atoms with Gasteiger partial charge in [-0.1, -0.05) is 6.07 Å². The number of nitrogens with zero attached hydrogens (tertiary/aromatic N) is 1. The molecule has 96 valence electrons. The van der Waals surface area contributed by atoms with Crippen molar-refractivity contribution in [2.75, 3.05) is 11.9 Å². The Balaban J connectivity index is 1.70. The SMILES string of the molecule is Cc1cc(C)cc(NC(=O)N2C[C@@H]3CC[C@@H]2C3)c1. The van der Waals surface area contributed by atoms with Gasteiger partial charge in [0.2, 0.25) is 0 Å². The molecule has 0 spiro atoms. The minimum absolute atomic E-state index is 0.0761. The minimum atomic E-state index is 0.0761. The lowest BCUT2D eigenvalue weighted by Crippen LogP contribution is -2.40. The van der Waals surface area contributed by atoms with Crippen molar-refractivity contribution in [3.8, 4) is 0 Å². The molecule has 3 rings (SSSR count). The molecule has 1 N–H and O–H groups in total. The van der Waals surface area contributed by atoms with Crippen LogP contribution in [0.25, 0.3) is 0 Å². The zero-order chi connectivity index (χ0) is 12.7. The van der Waals surface area contributed by atoms with Crippen LogP contribution in [0.3, 0.4) is 0 Å². The van der Waals surface area contributed by atoms with Crippen molar-refractivity contribution in [3.63, 3.8) is 0 Å². The molecule has 1 aromatic rings. The molecule has 1 saturated heterocycles. The Morgan fingerprint density at radius 2 is 1.94 bits per heavy atom. The van der Waals surface area contributed by atoms with Crippen molar-refractivity contribution in [2.45, 2.75) is 39.2 Å². The normalized spacial score (nSPS) is 25.6. The lowest BCUT2D eigenvalue weighted by Gasteiger charge is -2.27. The van der Waals surface area contributed by atoms with Crippen LogP contribution in [0, 0.1) is 19.8 Å². The highest BCUT2D eigenvalue weighted by Crippen LogP contribution is 2.37. The largest absolute Gasteiger partial charge is 0.322 e. The predicted molar refractivity (Wildman–Crippen MR) is 72.8 cm³/mol. The van der Waals surface area contributed by atoms with Gasteiger partial charge in [-0.25, -0.2) is 4.79 Å². The lowest BCUT2D eigenvalue weighted by molar-refractivity contribution is 0.194. The second-order valence-electron chi connectivity index (χ2n) is 5.79. The van der Waals surface area contributed by atoms with E-state index in [2.05, 4.69) is 25.2 Å². The lowest BCUT2D eigenvalue weighted by atomic mass is 10.1. The number of urea groups is 1. The van der Waals surface area contributed by atoms with Crippen molar-refractivity contribution in [2.24, 2.45) is 5.92 Å². The number of anilines is 1. The molecule has 1 heterocycles. The number of fused-ring (bicyclic) bond motifs is 2. The molecular formula is C15H20N2O. The van der Waals surface area contributed by atoms with Crippen LogP contribution in [0.5, 0.6) is 0 Å². The van der Waals surface area contributed by atoms with Crippen LogP contribution >= 0.6 is 0 Å². The number of piperidine rings is 1. The van der Waals surface area contributed by atoms with E-state index < -0.39 is 0 Å². The van der Waals surface area contributed by atoms with Crippen molar-refractivity contribution in [1.82, 2.24) is 4.90 Å². The second kappa shape index (κ2) is 4.30. The summed E-state index contributed by atoms with van der Waals surface area (Å²) in [6, 6.07) is 6.74. The molecule has 1 aromatic carbocycles. The van der Waals surface area contributed by atoms with Gasteiger partial charge in [0.05, 0.1) is 0 Å². The summed E-state index contributed by atoms with van der Waals surface area (Å²) in [4.78, 5) is 14.3. The molecule has 1 aliphatic heterocycles. The summed E-state index contributed by atoms with van der Waals surface area (Å²) in [5.74, 6) is 0.750. The molecule has 2 aliphatic rings. The quantitative estimate of drug-likeness (QED) is 0.807. The van der Waals surface area contributed by atoms with Crippen LogP contribution in [0.2, 0.25) is 0 Å². The Morgan fingerprint density at radius 1 is 1.22 bits per heavy atom.